The summed E-state index contributed by atoms with van der Waals surface area (Å²) in [7, 11) is 2.91. The van der Waals surface area contributed by atoms with Crippen molar-refractivity contribution in [2.75, 3.05) is 14.2 Å². The molecule has 0 bridgehead atoms. The topological polar surface area (TPSA) is 36.9 Å². The summed E-state index contributed by atoms with van der Waals surface area (Å²) >= 11 is 0. The fraction of sp³-hybridized carbons (Fsp3) is 0.364. The van der Waals surface area contributed by atoms with E-state index in [0.717, 1.165) is 38.5 Å². The van der Waals surface area contributed by atoms with Gasteiger partial charge in [0.2, 0.25) is 0 Å². The van der Waals surface area contributed by atoms with E-state index in [1.165, 1.54) is 0 Å². The molecule has 1 aliphatic rings. The first-order valence-electron chi connectivity index (χ1n) is 9.21. The van der Waals surface area contributed by atoms with E-state index in [1.807, 2.05) is 24.3 Å². The van der Waals surface area contributed by atoms with Crippen LogP contribution in [0.4, 0.5) is 0 Å². The van der Waals surface area contributed by atoms with Crippen LogP contribution in [0, 0.1) is 0 Å². The summed E-state index contributed by atoms with van der Waals surface area (Å²) in [6.07, 6.45) is 0. The number of benzene rings is 3. The minimum atomic E-state index is -0.472. The zero-order valence-electron chi connectivity index (χ0n) is 16.8. The minimum Gasteiger partial charge on any atom is -0.496 e. The highest BCUT2D eigenvalue weighted by molar-refractivity contribution is 6.68. The van der Waals surface area contributed by atoms with E-state index >= 15 is 0 Å². The Labute approximate surface area is 160 Å². The molecule has 4 nitrogen and oxygen atoms in total. The molecular weight excluding hydrogens is 339 g/mol. The van der Waals surface area contributed by atoms with E-state index in [4.69, 9.17) is 18.8 Å². The summed E-state index contributed by atoms with van der Waals surface area (Å²) in [5.74, 6) is 1.64. The van der Waals surface area contributed by atoms with Gasteiger partial charge in [0.25, 0.3) is 0 Å². The summed E-state index contributed by atoms with van der Waals surface area (Å²) in [5.41, 5.74) is 0.187. The second-order valence-electron chi connectivity index (χ2n) is 7.99. The molecule has 140 valence electrons. The monoisotopic (exact) mass is 364 g/mol. The molecule has 0 saturated carbocycles. The Morgan fingerprint density at radius 2 is 1.15 bits per heavy atom. The van der Waals surface area contributed by atoms with Crippen LogP contribution in [0.2, 0.25) is 0 Å². The largest absolute Gasteiger partial charge is 0.496 e. The molecule has 1 aliphatic heterocycles. The highest BCUT2D eigenvalue weighted by Crippen LogP contribution is 2.39. The van der Waals surface area contributed by atoms with Crippen LogP contribution in [-0.2, 0) is 9.31 Å². The Bertz CT molecular complexity index is 948. The van der Waals surface area contributed by atoms with E-state index in [0.29, 0.717) is 0 Å². The molecule has 0 atom stereocenters. The third-order valence-corrected chi connectivity index (χ3v) is 5.93. The van der Waals surface area contributed by atoms with Crippen LogP contribution in [0.3, 0.4) is 0 Å². The van der Waals surface area contributed by atoms with Crippen molar-refractivity contribution in [3.8, 4) is 11.5 Å². The van der Waals surface area contributed by atoms with Crippen LogP contribution in [0.25, 0.3) is 21.5 Å². The van der Waals surface area contributed by atoms with Crippen LogP contribution in [0.5, 0.6) is 11.5 Å². The van der Waals surface area contributed by atoms with Crippen LogP contribution in [0.1, 0.15) is 27.7 Å². The standard InChI is InChI=1S/C22H25BO4/c1-21(2)22(3,4)27-23(26-21)20-14-9-7-11-18(24-5)16(14)13-17-15(20)10-8-12-19(17)25-6/h7-13H,1-6H3. The van der Waals surface area contributed by atoms with E-state index in [9.17, 15) is 0 Å². The van der Waals surface area contributed by atoms with Gasteiger partial charge in [-0.1, -0.05) is 24.3 Å². The Balaban J connectivity index is 2.08. The van der Waals surface area contributed by atoms with Crippen LogP contribution >= 0.6 is 0 Å². The van der Waals surface area contributed by atoms with Gasteiger partial charge in [-0.05, 0) is 62.1 Å². The Kier molecular flexibility index (Phi) is 4.13. The number of fused-ring (bicyclic) bond motifs is 2. The normalized spacial score (nSPS) is 18.2. The molecule has 0 radical (unpaired) electrons. The lowest BCUT2D eigenvalue weighted by Crippen LogP contribution is -2.41. The number of ether oxygens (including phenoxy) is 2. The molecule has 1 heterocycles. The van der Waals surface area contributed by atoms with Crippen molar-refractivity contribution in [3.63, 3.8) is 0 Å². The van der Waals surface area contributed by atoms with Gasteiger partial charge in [0.15, 0.2) is 0 Å². The molecule has 27 heavy (non-hydrogen) atoms. The lowest BCUT2D eigenvalue weighted by molar-refractivity contribution is 0.00578. The van der Waals surface area contributed by atoms with Crippen LogP contribution in [0.15, 0.2) is 42.5 Å². The van der Waals surface area contributed by atoms with Gasteiger partial charge in [-0.25, -0.2) is 0 Å². The summed E-state index contributed by atoms with van der Waals surface area (Å²) in [6, 6.07) is 14.3. The predicted molar refractivity (Wildman–Crippen MR) is 110 cm³/mol. The van der Waals surface area contributed by atoms with Gasteiger partial charge in [0.1, 0.15) is 11.5 Å². The van der Waals surface area contributed by atoms with Gasteiger partial charge in [0.05, 0.1) is 25.4 Å². The molecule has 5 heteroatoms. The minimum absolute atomic E-state index is 0.413. The molecule has 0 unspecified atom stereocenters. The second-order valence-corrected chi connectivity index (χ2v) is 7.99. The molecule has 1 fully saturated rings. The molecule has 1 saturated heterocycles. The van der Waals surface area contributed by atoms with E-state index in [1.54, 1.807) is 14.2 Å². The van der Waals surface area contributed by atoms with Crippen LogP contribution in [-0.4, -0.2) is 32.5 Å². The van der Waals surface area contributed by atoms with E-state index in [-0.39, 0.29) is 0 Å². The van der Waals surface area contributed by atoms with Gasteiger partial charge < -0.3 is 18.8 Å². The average Bonchev–Trinajstić information content (AvgIpc) is 2.85. The van der Waals surface area contributed by atoms with E-state index in [2.05, 4.69) is 45.9 Å². The van der Waals surface area contributed by atoms with Gasteiger partial charge in [-0.2, -0.15) is 0 Å². The maximum atomic E-state index is 6.41. The molecule has 0 aliphatic carbocycles. The Morgan fingerprint density at radius 1 is 0.704 bits per heavy atom. The summed E-state index contributed by atoms with van der Waals surface area (Å²) in [6.45, 7) is 8.28. The fourth-order valence-electron chi connectivity index (χ4n) is 3.72. The van der Waals surface area contributed by atoms with Crippen molar-refractivity contribution in [2.45, 2.75) is 38.9 Å². The summed E-state index contributed by atoms with van der Waals surface area (Å²) in [5, 5.41) is 4.16. The van der Waals surface area contributed by atoms with Crippen molar-refractivity contribution < 1.29 is 18.8 Å². The van der Waals surface area contributed by atoms with Crippen molar-refractivity contribution in [1.82, 2.24) is 0 Å². The SMILES string of the molecule is COc1cccc2c(B3OC(C)(C)C(C)(C)O3)c3cccc(OC)c3cc12. The lowest BCUT2D eigenvalue weighted by atomic mass is 9.73. The van der Waals surface area contributed by atoms with Crippen molar-refractivity contribution in [3.05, 3.63) is 42.5 Å². The van der Waals surface area contributed by atoms with Crippen molar-refractivity contribution in [2.24, 2.45) is 0 Å². The van der Waals surface area contributed by atoms with Gasteiger partial charge in [0, 0.05) is 10.8 Å². The number of rotatable bonds is 3. The zero-order valence-corrected chi connectivity index (χ0v) is 16.8. The number of methoxy groups -OCH3 is 2. The molecule has 4 rings (SSSR count). The number of hydrogen-bond acceptors (Lipinski definition) is 4. The Hall–Kier alpha value is -2.24. The highest BCUT2D eigenvalue weighted by Gasteiger charge is 2.52. The average molecular weight is 364 g/mol. The zero-order chi connectivity index (χ0) is 19.4. The first-order chi connectivity index (χ1) is 12.8. The molecular formula is C22H25BO4. The maximum absolute atomic E-state index is 6.41. The molecule has 3 aromatic rings. The Morgan fingerprint density at radius 3 is 1.56 bits per heavy atom. The smallest absolute Gasteiger partial charge is 0.496 e. The summed E-state index contributed by atoms with van der Waals surface area (Å²) < 4.78 is 24.1. The molecule has 3 aromatic carbocycles. The maximum Gasteiger partial charge on any atom is 0.496 e. The molecule has 0 N–H and O–H groups in total. The molecule has 0 aromatic heterocycles. The quantitative estimate of drug-likeness (QED) is 0.513. The third-order valence-electron chi connectivity index (χ3n) is 5.93. The lowest BCUT2D eigenvalue weighted by Gasteiger charge is -2.32. The predicted octanol–water partition coefficient (Wildman–Crippen LogP) is 4.31. The van der Waals surface area contributed by atoms with E-state index < -0.39 is 18.3 Å². The number of hydrogen-bond donors (Lipinski definition) is 0. The first-order valence-corrected chi connectivity index (χ1v) is 9.21. The highest BCUT2D eigenvalue weighted by atomic mass is 16.7. The van der Waals surface area contributed by atoms with Gasteiger partial charge in [-0.3, -0.25) is 0 Å². The van der Waals surface area contributed by atoms with Gasteiger partial charge in [-0.15, -0.1) is 0 Å². The third kappa shape index (κ3) is 2.68. The fourth-order valence-corrected chi connectivity index (χ4v) is 3.72. The molecule has 0 spiro atoms. The van der Waals surface area contributed by atoms with Crippen LogP contribution < -0.4 is 14.9 Å². The van der Waals surface area contributed by atoms with Gasteiger partial charge >= 0.3 is 7.12 Å². The molecule has 0 amide bonds. The van der Waals surface area contributed by atoms with Crippen molar-refractivity contribution >= 4 is 34.1 Å². The first kappa shape index (κ1) is 18.1. The second kappa shape index (κ2) is 6.15. The van der Waals surface area contributed by atoms with Crippen molar-refractivity contribution in [1.29, 1.82) is 0 Å². The summed E-state index contributed by atoms with van der Waals surface area (Å²) in [4.78, 5) is 0.